The first-order valence-electron chi connectivity index (χ1n) is 4.78. The lowest BCUT2D eigenvalue weighted by Crippen LogP contribution is -1.92. The Kier molecular flexibility index (Phi) is 2.87. The molecule has 0 amide bonds. The summed E-state index contributed by atoms with van der Waals surface area (Å²) in [5.74, 6) is -0.413. The Hall–Kier alpha value is -0.830. The molecule has 1 unspecified atom stereocenters. The van der Waals surface area contributed by atoms with E-state index >= 15 is 0 Å². The van der Waals surface area contributed by atoms with Crippen molar-refractivity contribution in [3.63, 3.8) is 0 Å². The number of nitrogens with zero attached hydrogens (tertiary/aromatic N) is 1. The molecule has 1 nitrogen and oxygen atoms in total. The number of allylic oxidation sites excluding steroid dienone is 1. The SMILES string of the molecule is CCC1CC=C(c2ccc(F)nc2)S1. The second kappa shape index (κ2) is 4.13. The lowest BCUT2D eigenvalue weighted by Gasteiger charge is -2.05. The molecule has 0 aliphatic carbocycles. The van der Waals surface area contributed by atoms with E-state index in [0.29, 0.717) is 5.25 Å². The van der Waals surface area contributed by atoms with Crippen LogP contribution in [0, 0.1) is 5.95 Å². The van der Waals surface area contributed by atoms with Gasteiger partial charge in [0.2, 0.25) is 5.95 Å². The zero-order chi connectivity index (χ0) is 9.97. The van der Waals surface area contributed by atoms with Crippen LogP contribution in [0.3, 0.4) is 0 Å². The third-order valence-electron chi connectivity index (χ3n) is 2.33. The number of pyridine rings is 1. The summed E-state index contributed by atoms with van der Waals surface area (Å²) in [6, 6.07) is 3.20. The molecule has 0 spiro atoms. The highest BCUT2D eigenvalue weighted by Gasteiger charge is 2.17. The summed E-state index contributed by atoms with van der Waals surface area (Å²) in [7, 11) is 0. The molecule has 2 rings (SSSR count). The monoisotopic (exact) mass is 209 g/mol. The van der Waals surface area contributed by atoms with Crippen LogP contribution < -0.4 is 0 Å². The van der Waals surface area contributed by atoms with E-state index in [1.165, 1.54) is 17.4 Å². The van der Waals surface area contributed by atoms with Gasteiger partial charge in [0.05, 0.1) is 0 Å². The van der Waals surface area contributed by atoms with E-state index in [4.69, 9.17) is 0 Å². The molecule has 1 aliphatic heterocycles. The fraction of sp³-hybridized carbons (Fsp3) is 0.364. The number of halogens is 1. The molecule has 74 valence electrons. The predicted octanol–water partition coefficient (Wildman–Crippen LogP) is 3.48. The number of thioether (sulfide) groups is 1. The van der Waals surface area contributed by atoms with Gasteiger partial charge in [0.15, 0.2) is 0 Å². The molecule has 0 N–H and O–H groups in total. The quantitative estimate of drug-likeness (QED) is 0.692. The van der Waals surface area contributed by atoms with Crippen LogP contribution in [0.5, 0.6) is 0 Å². The molecular formula is C11H12FNS. The van der Waals surface area contributed by atoms with Crippen molar-refractivity contribution in [3.05, 3.63) is 35.9 Å². The second-order valence-electron chi connectivity index (χ2n) is 3.32. The Morgan fingerprint density at radius 3 is 3.00 bits per heavy atom. The highest BCUT2D eigenvalue weighted by molar-refractivity contribution is 8.09. The molecule has 2 heterocycles. The van der Waals surface area contributed by atoms with Crippen molar-refractivity contribution in [3.8, 4) is 0 Å². The lowest BCUT2D eigenvalue weighted by atomic mass is 10.2. The molecule has 0 fully saturated rings. The average molecular weight is 209 g/mol. The molecular weight excluding hydrogens is 197 g/mol. The van der Waals surface area contributed by atoms with Crippen molar-refractivity contribution in [2.75, 3.05) is 0 Å². The number of hydrogen-bond acceptors (Lipinski definition) is 2. The number of rotatable bonds is 2. The molecule has 14 heavy (non-hydrogen) atoms. The van der Waals surface area contributed by atoms with Crippen LogP contribution in [0.25, 0.3) is 4.91 Å². The van der Waals surface area contributed by atoms with Gasteiger partial charge in [0.1, 0.15) is 0 Å². The Bertz CT molecular complexity index is 345. The Labute approximate surface area is 87.4 Å². The summed E-state index contributed by atoms with van der Waals surface area (Å²) in [5, 5.41) is 0.690. The first kappa shape index (κ1) is 9.71. The van der Waals surface area contributed by atoms with Crippen molar-refractivity contribution < 1.29 is 4.39 Å². The van der Waals surface area contributed by atoms with Gasteiger partial charge in [-0.1, -0.05) is 13.0 Å². The van der Waals surface area contributed by atoms with Crippen LogP contribution in [-0.2, 0) is 0 Å². The van der Waals surface area contributed by atoms with Crippen LogP contribution in [0.4, 0.5) is 4.39 Å². The third kappa shape index (κ3) is 1.98. The van der Waals surface area contributed by atoms with Gasteiger partial charge in [0.25, 0.3) is 0 Å². The van der Waals surface area contributed by atoms with Gasteiger partial charge < -0.3 is 0 Å². The minimum atomic E-state index is -0.413. The van der Waals surface area contributed by atoms with Crippen LogP contribution in [0.2, 0.25) is 0 Å². The zero-order valence-corrected chi connectivity index (χ0v) is 8.85. The van der Waals surface area contributed by atoms with E-state index in [9.17, 15) is 4.39 Å². The molecule has 1 aromatic rings. The van der Waals surface area contributed by atoms with Crippen molar-refractivity contribution in [1.29, 1.82) is 0 Å². The normalized spacial score (nSPS) is 21.0. The van der Waals surface area contributed by atoms with Gasteiger partial charge in [-0.05, 0) is 25.0 Å². The molecule has 0 saturated carbocycles. The van der Waals surface area contributed by atoms with E-state index in [-0.39, 0.29) is 0 Å². The molecule has 0 bridgehead atoms. The molecule has 0 radical (unpaired) electrons. The zero-order valence-electron chi connectivity index (χ0n) is 8.03. The predicted molar refractivity (Wildman–Crippen MR) is 58.5 cm³/mol. The van der Waals surface area contributed by atoms with E-state index in [0.717, 1.165) is 12.0 Å². The molecule has 0 aromatic carbocycles. The lowest BCUT2D eigenvalue weighted by molar-refractivity contribution is 0.583. The highest BCUT2D eigenvalue weighted by atomic mass is 32.2. The average Bonchev–Trinajstić information content (AvgIpc) is 2.67. The van der Waals surface area contributed by atoms with E-state index in [1.807, 2.05) is 11.8 Å². The maximum atomic E-state index is 12.6. The summed E-state index contributed by atoms with van der Waals surface area (Å²) >= 11 is 1.87. The summed E-state index contributed by atoms with van der Waals surface area (Å²) < 4.78 is 12.6. The topological polar surface area (TPSA) is 12.9 Å². The summed E-state index contributed by atoms with van der Waals surface area (Å²) in [6.07, 6.45) is 6.12. The molecule has 1 aliphatic rings. The smallest absolute Gasteiger partial charge is 0.212 e. The summed E-state index contributed by atoms with van der Waals surface area (Å²) in [6.45, 7) is 2.19. The largest absolute Gasteiger partial charge is 0.228 e. The van der Waals surface area contributed by atoms with Crippen molar-refractivity contribution in [2.45, 2.75) is 25.0 Å². The second-order valence-corrected chi connectivity index (χ2v) is 4.66. The minimum Gasteiger partial charge on any atom is -0.228 e. The Morgan fingerprint density at radius 1 is 1.57 bits per heavy atom. The van der Waals surface area contributed by atoms with Gasteiger partial charge in [-0.15, -0.1) is 11.8 Å². The molecule has 3 heteroatoms. The van der Waals surface area contributed by atoms with Gasteiger partial charge in [-0.3, -0.25) is 0 Å². The van der Waals surface area contributed by atoms with Gasteiger partial charge in [-0.25, -0.2) is 4.98 Å². The van der Waals surface area contributed by atoms with E-state index in [2.05, 4.69) is 18.0 Å². The van der Waals surface area contributed by atoms with Crippen LogP contribution >= 0.6 is 11.8 Å². The Balaban J connectivity index is 2.13. The van der Waals surface area contributed by atoms with Gasteiger partial charge >= 0.3 is 0 Å². The minimum absolute atomic E-state index is 0.413. The van der Waals surface area contributed by atoms with E-state index in [1.54, 1.807) is 12.3 Å². The summed E-state index contributed by atoms with van der Waals surface area (Å²) in [4.78, 5) is 4.89. The first-order valence-corrected chi connectivity index (χ1v) is 5.66. The van der Waals surface area contributed by atoms with Crippen LogP contribution in [-0.4, -0.2) is 10.2 Å². The van der Waals surface area contributed by atoms with Crippen molar-refractivity contribution in [1.82, 2.24) is 4.98 Å². The van der Waals surface area contributed by atoms with Gasteiger partial charge in [0, 0.05) is 21.9 Å². The number of aromatic nitrogens is 1. The fourth-order valence-electron chi connectivity index (χ4n) is 1.47. The van der Waals surface area contributed by atoms with Crippen molar-refractivity contribution >= 4 is 16.7 Å². The van der Waals surface area contributed by atoms with Crippen LogP contribution in [0.1, 0.15) is 25.3 Å². The third-order valence-corrected chi connectivity index (χ3v) is 3.84. The molecule has 1 atom stereocenters. The highest BCUT2D eigenvalue weighted by Crippen LogP contribution is 2.40. The van der Waals surface area contributed by atoms with E-state index < -0.39 is 5.95 Å². The summed E-state index contributed by atoms with van der Waals surface area (Å²) in [5.41, 5.74) is 1.03. The maximum Gasteiger partial charge on any atom is 0.212 e. The van der Waals surface area contributed by atoms with Crippen molar-refractivity contribution in [2.24, 2.45) is 0 Å². The van der Waals surface area contributed by atoms with Gasteiger partial charge in [-0.2, -0.15) is 4.39 Å². The standard InChI is InChI=1S/C11H12FNS/c1-2-9-4-5-10(14-9)8-3-6-11(12)13-7-8/h3,5-7,9H,2,4H2,1H3. The fourth-order valence-corrected chi connectivity index (χ4v) is 2.64. The number of hydrogen-bond donors (Lipinski definition) is 0. The van der Waals surface area contributed by atoms with Crippen LogP contribution in [0.15, 0.2) is 24.4 Å². The maximum absolute atomic E-state index is 12.6. The molecule has 0 saturated heterocycles. The first-order chi connectivity index (χ1) is 6.79. The molecule has 1 aromatic heterocycles. The Morgan fingerprint density at radius 2 is 2.43 bits per heavy atom.